The van der Waals surface area contributed by atoms with Crippen molar-refractivity contribution in [3.8, 4) is 17.2 Å². The highest BCUT2D eigenvalue weighted by molar-refractivity contribution is 6.02. The SMILES string of the molecule is COc1cc2[nH]c(=O)c(C(=O)NC(C)C)c(O)c2cc1OC. The van der Waals surface area contributed by atoms with Crippen molar-refractivity contribution >= 4 is 16.8 Å². The first-order valence-electron chi connectivity index (χ1n) is 6.70. The lowest BCUT2D eigenvalue weighted by Gasteiger charge is -2.13. The molecule has 0 bridgehead atoms. The van der Waals surface area contributed by atoms with Gasteiger partial charge in [-0.05, 0) is 19.9 Å². The third-order valence-electron chi connectivity index (χ3n) is 3.14. The summed E-state index contributed by atoms with van der Waals surface area (Å²) in [5, 5.41) is 13.2. The number of H-pyrrole nitrogens is 1. The van der Waals surface area contributed by atoms with Gasteiger partial charge in [-0.3, -0.25) is 9.59 Å². The Morgan fingerprint density at radius 2 is 1.82 bits per heavy atom. The predicted octanol–water partition coefficient (Wildman–Crippen LogP) is 1.39. The maximum absolute atomic E-state index is 12.1. The molecule has 0 aliphatic heterocycles. The minimum absolute atomic E-state index is 0.160. The fourth-order valence-corrected chi connectivity index (χ4v) is 2.15. The van der Waals surface area contributed by atoms with Crippen molar-refractivity contribution in [2.24, 2.45) is 0 Å². The summed E-state index contributed by atoms with van der Waals surface area (Å²) >= 11 is 0. The van der Waals surface area contributed by atoms with E-state index in [1.807, 2.05) is 0 Å². The van der Waals surface area contributed by atoms with Crippen molar-refractivity contribution in [3.05, 3.63) is 28.0 Å². The zero-order valence-corrected chi connectivity index (χ0v) is 12.8. The van der Waals surface area contributed by atoms with E-state index in [2.05, 4.69) is 10.3 Å². The molecule has 118 valence electrons. The molecule has 1 heterocycles. The van der Waals surface area contributed by atoms with Crippen LogP contribution in [-0.4, -0.2) is 36.3 Å². The second-order valence-electron chi connectivity index (χ2n) is 5.06. The molecule has 0 aliphatic carbocycles. The van der Waals surface area contributed by atoms with Gasteiger partial charge in [0.05, 0.1) is 19.7 Å². The second-order valence-corrected chi connectivity index (χ2v) is 5.06. The number of rotatable bonds is 4. The molecule has 0 aliphatic rings. The van der Waals surface area contributed by atoms with E-state index in [0.29, 0.717) is 22.4 Å². The summed E-state index contributed by atoms with van der Waals surface area (Å²) in [5.74, 6) is -0.236. The number of carbonyl (C=O) groups is 1. The van der Waals surface area contributed by atoms with Gasteiger partial charge in [0.1, 0.15) is 11.3 Å². The number of methoxy groups -OCH3 is 2. The number of aromatic nitrogens is 1. The highest BCUT2D eigenvalue weighted by atomic mass is 16.5. The smallest absolute Gasteiger partial charge is 0.265 e. The largest absolute Gasteiger partial charge is 0.506 e. The number of hydrogen-bond acceptors (Lipinski definition) is 5. The van der Waals surface area contributed by atoms with Crippen LogP contribution in [0.2, 0.25) is 0 Å². The lowest BCUT2D eigenvalue weighted by Crippen LogP contribution is -2.34. The van der Waals surface area contributed by atoms with Crippen molar-refractivity contribution in [1.82, 2.24) is 10.3 Å². The van der Waals surface area contributed by atoms with Crippen LogP contribution in [0, 0.1) is 0 Å². The number of fused-ring (bicyclic) bond motifs is 1. The first kappa shape index (κ1) is 15.7. The van der Waals surface area contributed by atoms with E-state index in [-0.39, 0.29) is 11.6 Å². The molecule has 2 rings (SSSR count). The monoisotopic (exact) mass is 306 g/mol. The van der Waals surface area contributed by atoms with Crippen LogP contribution in [-0.2, 0) is 0 Å². The van der Waals surface area contributed by atoms with Crippen molar-refractivity contribution < 1.29 is 19.4 Å². The lowest BCUT2D eigenvalue weighted by atomic mass is 10.1. The summed E-state index contributed by atoms with van der Waals surface area (Å²) in [4.78, 5) is 26.7. The van der Waals surface area contributed by atoms with Crippen molar-refractivity contribution in [2.75, 3.05) is 14.2 Å². The Morgan fingerprint density at radius 3 is 2.36 bits per heavy atom. The van der Waals surface area contributed by atoms with Gasteiger partial charge in [-0.15, -0.1) is 0 Å². The summed E-state index contributed by atoms with van der Waals surface area (Å²) in [6.45, 7) is 3.52. The van der Waals surface area contributed by atoms with Crippen molar-refractivity contribution in [3.63, 3.8) is 0 Å². The third-order valence-corrected chi connectivity index (χ3v) is 3.14. The van der Waals surface area contributed by atoms with Gasteiger partial charge >= 0.3 is 0 Å². The number of ether oxygens (including phenoxy) is 2. The van der Waals surface area contributed by atoms with Gasteiger partial charge in [0.25, 0.3) is 11.5 Å². The molecule has 3 N–H and O–H groups in total. The van der Waals surface area contributed by atoms with Crippen LogP contribution < -0.4 is 20.3 Å². The summed E-state index contributed by atoms with van der Waals surface area (Å²) in [5.41, 5.74) is -0.648. The molecule has 0 unspecified atom stereocenters. The molecular formula is C15H18N2O5. The Bertz CT molecular complexity index is 780. The highest BCUT2D eigenvalue weighted by Gasteiger charge is 2.21. The Kier molecular flexibility index (Phi) is 4.25. The number of aromatic hydroxyl groups is 1. The van der Waals surface area contributed by atoms with E-state index < -0.39 is 17.2 Å². The first-order valence-corrected chi connectivity index (χ1v) is 6.70. The minimum Gasteiger partial charge on any atom is -0.506 e. The molecule has 22 heavy (non-hydrogen) atoms. The summed E-state index contributed by atoms with van der Waals surface area (Å²) in [6.07, 6.45) is 0. The van der Waals surface area contributed by atoms with Gasteiger partial charge in [0, 0.05) is 17.5 Å². The number of carbonyl (C=O) groups excluding carboxylic acids is 1. The molecule has 0 radical (unpaired) electrons. The van der Waals surface area contributed by atoms with E-state index in [1.165, 1.54) is 26.4 Å². The van der Waals surface area contributed by atoms with Crippen LogP contribution in [0.4, 0.5) is 0 Å². The maximum atomic E-state index is 12.1. The number of aromatic amines is 1. The van der Waals surface area contributed by atoms with Crippen LogP contribution in [0.15, 0.2) is 16.9 Å². The van der Waals surface area contributed by atoms with Crippen LogP contribution >= 0.6 is 0 Å². The molecule has 7 heteroatoms. The van der Waals surface area contributed by atoms with Crippen LogP contribution in [0.3, 0.4) is 0 Å². The van der Waals surface area contributed by atoms with Crippen LogP contribution in [0.5, 0.6) is 17.2 Å². The summed E-state index contributed by atoms with van der Waals surface area (Å²) in [6, 6.07) is 2.87. The zero-order chi connectivity index (χ0) is 16.4. The molecule has 0 saturated carbocycles. The number of benzene rings is 1. The molecular weight excluding hydrogens is 288 g/mol. The van der Waals surface area contributed by atoms with E-state index in [4.69, 9.17) is 9.47 Å². The lowest BCUT2D eigenvalue weighted by molar-refractivity contribution is 0.0939. The summed E-state index contributed by atoms with van der Waals surface area (Å²) in [7, 11) is 2.92. The minimum atomic E-state index is -0.671. The van der Waals surface area contributed by atoms with Gasteiger partial charge in [0.2, 0.25) is 0 Å². The van der Waals surface area contributed by atoms with E-state index in [0.717, 1.165) is 0 Å². The quantitative estimate of drug-likeness (QED) is 0.792. The normalized spacial score (nSPS) is 10.8. The average Bonchev–Trinajstić information content (AvgIpc) is 2.45. The van der Waals surface area contributed by atoms with Gasteiger partial charge in [0.15, 0.2) is 11.5 Å². The predicted molar refractivity (Wildman–Crippen MR) is 81.9 cm³/mol. The Balaban J connectivity index is 2.71. The molecule has 1 aromatic carbocycles. The second kappa shape index (κ2) is 5.97. The summed E-state index contributed by atoms with van der Waals surface area (Å²) < 4.78 is 10.3. The fraction of sp³-hybridized carbons (Fsp3) is 0.333. The number of nitrogens with one attached hydrogen (secondary N) is 2. The molecule has 1 amide bonds. The molecule has 0 spiro atoms. The molecule has 0 atom stereocenters. The Labute approximate surface area is 126 Å². The molecule has 0 fully saturated rings. The van der Waals surface area contributed by atoms with Crippen LogP contribution in [0.25, 0.3) is 10.9 Å². The van der Waals surface area contributed by atoms with E-state index >= 15 is 0 Å². The van der Waals surface area contributed by atoms with Crippen molar-refractivity contribution in [1.29, 1.82) is 0 Å². The van der Waals surface area contributed by atoms with Gasteiger partial charge in [-0.1, -0.05) is 0 Å². The topological polar surface area (TPSA) is 101 Å². The maximum Gasteiger partial charge on any atom is 0.265 e. The van der Waals surface area contributed by atoms with Gasteiger partial charge in [-0.25, -0.2) is 0 Å². The fourth-order valence-electron chi connectivity index (χ4n) is 2.15. The Morgan fingerprint density at radius 1 is 1.23 bits per heavy atom. The Hall–Kier alpha value is -2.70. The van der Waals surface area contributed by atoms with Gasteiger partial charge < -0.3 is 24.9 Å². The number of amides is 1. The first-order chi connectivity index (χ1) is 10.4. The molecule has 1 aromatic heterocycles. The zero-order valence-electron chi connectivity index (χ0n) is 12.8. The molecule has 0 saturated heterocycles. The number of hydrogen-bond donors (Lipinski definition) is 3. The van der Waals surface area contributed by atoms with E-state index in [1.54, 1.807) is 13.8 Å². The third kappa shape index (κ3) is 2.69. The molecule has 2 aromatic rings. The highest BCUT2D eigenvalue weighted by Crippen LogP contribution is 2.35. The standard InChI is InChI=1S/C15H18N2O5/c1-7(2)16-14(19)12-13(18)8-5-10(21-3)11(22-4)6-9(8)17-15(12)20/h5-7H,1-4H3,(H,16,19)(H2,17,18,20). The number of pyridine rings is 1. The average molecular weight is 306 g/mol. The van der Waals surface area contributed by atoms with Gasteiger partial charge in [-0.2, -0.15) is 0 Å². The molecule has 7 nitrogen and oxygen atoms in total. The van der Waals surface area contributed by atoms with Crippen LogP contribution in [0.1, 0.15) is 24.2 Å². The van der Waals surface area contributed by atoms with Crippen molar-refractivity contribution in [2.45, 2.75) is 19.9 Å². The van der Waals surface area contributed by atoms with E-state index in [9.17, 15) is 14.7 Å².